The van der Waals surface area contributed by atoms with Crippen LogP contribution < -0.4 is 9.62 Å². The number of nitrogens with one attached hydrogen (secondary N) is 1. The normalized spacial score (nSPS) is 13.0. The van der Waals surface area contributed by atoms with Crippen molar-refractivity contribution in [2.75, 3.05) is 17.1 Å². The smallest absolute Gasteiger partial charge is 0.244 e. The summed E-state index contributed by atoms with van der Waals surface area (Å²) in [5.41, 5.74) is 3.01. The lowest BCUT2D eigenvalue weighted by Gasteiger charge is -2.34. The number of rotatable bonds is 13. The molecule has 3 rings (SSSR count). The minimum absolute atomic E-state index is 0.0385. The van der Waals surface area contributed by atoms with Crippen LogP contribution in [0.15, 0.2) is 83.3 Å². The molecule has 0 saturated heterocycles. The lowest BCUT2D eigenvalue weighted by Crippen LogP contribution is -2.54. The zero-order valence-corrected chi connectivity index (χ0v) is 26.8. The molecule has 2 atom stereocenters. The van der Waals surface area contributed by atoms with Crippen LogP contribution in [0.3, 0.4) is 0 Å². The van der Waals surface area contributed by atoms with E-state index in [0.717, 1.165) is 38.1 Å². The van der Waals surface area contributed by atoms with E-state index >= 15 is 0 Å². The lowest BCUT2D eigenvalue weighted by atomic mass is 10.0. The number of nitrogens with zero attached hydrogens (tertiary/aromatic N) is 2. The number of sulfonamides is 1. The Kier molecular flexibility index (Phi) is 11.5. The maximum atomic E-state index is 14.2. The van der Waals surface area contributed by atoms with Crippen molar-refractivity contribution in [2.24, 2.45) is 0 Å². The number of para-hydroxylation sites is 1. The fourth-order valence-corrected chi connectivity index (χ4v) is 5.71. The molecule has 1 N–H and O–H groups in total. The summed E-state index contributed by atoms with van der Waals surface area (Å²) in [6.07, 6.45) is 2.12. The van der Waals surface area contributed by atoms with Crippen molar-refractivity contribution in [1.82, 2.24) is 10.2 Å². The van der Waals surface area contributed by atoms with Crippen LogP contribution in [0.25, 0.3) is 0 Å². The summed E-state index contributed by atoms with van der Waals surface area (Å²) in [7, 11) is -3.83. The van der Waals surface area contributed by atoms with Gasteiger partial charge in [0.25, 0.3) is 0 Å². The van der Waals surface area contributed by atoms with E-state index in [1.807, 2.05) is 94.4 Å². The second kappa shape index (κ2) is 14.6. The number of anilines is 1. The highest BCUT2D eigenvalue weighted by molar-refractivity contribution is 9.10. The molecule has 2 unspecified atom stereocenters. The van der Waals surface area contributed by atoms with E-state index in [2.05, 4.69) is 21.2 Å². The van der Waals surface area contributed by atoms with Crippen LogP contribution in [0.5, 0.6) is 0 Å². The predicted octanol–water partition coefficient (Wildman–Crippen LogP) is 5.89. The Bertz CT molecular complexity index is 1410. The van der Waals surface area contributed by atoms with Crippen LogP contribution in [0.2, 0.25) is 0 Å². The maximum Gasteiger partial charge on any atom is 0.244 e. The molecule has 0 aliphatic rings. The fourth-order valence-electron chi connectivity index (χ4n) is 4.58. The third-order valence-electron chi connectivity index (χ3n) is 7.04. The second-order valence-electron chi connectivity index (χ2n) is 10.7. The SMILES string of the molecule is CCC(C)NC(=O)C(Cc1ccccc1)N(Cc1ccc(Br)cc1)C(=O)CN(c1ccccc1C(C)C)S(C)(=O)=O. The quantitative estimate of drug-likeness (QED) is 0.252. The van der Waals surface area contributed by atoms with Crippen LogP contribution in [0.1, 0.15) is 56.7 Å². The van der Waals surface area contributed by atoms with Gasteiger partial charge in [0.05, 0.1) is 11.9 Å². The van der Waals surface area contributed by atoms with Crippen molar-refractivity contribution in [1.29, 1.82) is 0 Å². The average Bonchev–Trinajstić information content (AvgIpc) is 2.94. The van der Waals surface area contributed by atoms with E-state index in [0.29, 0.717) is 5.69 Å². The number of carbonyl (C=O) groups excluding carboxylic acids is 2. The number of hydrogen-bond donors (Lipinski definition) is 1. The second-order valence-corrected chi connectivity index (χ2v) is 13.5. The fraction of sp³-hybridized carbons (Fsp3) is 0.375. The van der Waals surface area contributed by atoms with Gasteiger partial charge in [-0.2, -0.15) is 0 Å². The highest BCUT2D eigenvalue weighted by Gasteiger charge is 2.34. The van der Waals surface area contributed by atoms with E-state index in [1.54, 1.807) is 12.1 Å². The molecular weight excluding hydrogens is 602 g/mol. The summed E-state index contributed by atoms with van der Waals surface area (Å²) in [6.45, 7) is 7.58. The zero-order chi connectivity index (χ0) is 30.2. The van der Waals surface area contributed by atoms with Crippen molar-refractivity contribution in [3.63, 3.8) is 0 Å². The molecule has 0 aromatic heterocycles. The Labute approximate surface area is 253 Å². The highest BCUT2D eigenvalue weighted by atomic mass is 79.9. The molecule has 9 heteroatoms. The minimum atomic E-state index is -3.83. The van der Waals surface area contributed by atoms with Gasteiger partial charge in [0.1, 0.15) is 12.6 Å². The number of halogens is 1. The van der Waals surface area contributed by atoms with E-state index in [-0.39, 0.29) is 30.8 Å². The van der Waals surface area contributed by atoms with Gasteiger partial charge in [0, 0.05) is 23.5 Å². The number of benzene rings is 3. The highest BCUT2D eigenvalue weighted by Crippen LogP contribution is 2.29. The molecule has 2 amide bonds. The lowest BCUT2D eigenvalue weighted by molar-refractivity contribution is -0.140. The van der Waals surface area contributed by atoms with Gasteiger partial charge < -0.3 is 10.2 Å². The maximum absolute atomic E-state index is 14.2. The van der Waals surface area contributed by atoms with Crippen molar-refractivity contribution in [2.45, 2.75) is 65.1 Å². The van der Waals surface area contributed by atoms with Gasteiger partial charge in [-0.25, -0.2) is 8.42 Å². The summed E-state index contributed by atoms with van der Waals surface area (Å²) in [4.78, 5) is 29.5. The molecule has 41 heavy (non-hydrogen) atoms. The van der Waals surface area contributed by atoms with E-state index < -0.39 is 28.5 Å². The molecule has 220 valence electrons. The van der Waals surface area contributed by atoms with Gasteiger partial charge in [-0.05, 0) is 54.2 Å². The van der Waals surface area contributed by atoms with Gasteiger partial charge in [-0.1, -0.05) is 97.4 Å². The molecule has 0 radical (unpaired) electrons. The van der Waals surface area contributed by atoms with Crippen molar-refractivity contribution in [3.05, 3.63) is 100 Å². The first-order valence-electron chi connectivity index (χ1n) is 13.9. The molecule has 0 fully saturated rings. The van der Waals surface area contributed by atoms with Gasteiger partial charge in [-0.15, -0.1) is 0 Å². The van der Waals surface area contributed by atoms with Crippen LogP contribution >= 0.6 is 15.9 Å². The van der Waals surface area contributed by atoms with Gasteiger partial charge in [0.15, 0.2) is 0 Å². The predicted molar refractivity (Wildman–Crippen MR) is 169 cm³/mol. The molecule has 0 aliphatic heterocycles. The van der Waals surface area contributed by atoms with Crippen molar-refractivity contribution >= 4 is 43.5 Å². The van der Waals surface area contributed by atoms with Crippen LogP contribution in [0, 0.1) is 0 Å². The summed E-state index contributed by atoms with van der Waals surface area (Å²) in [6, 6.07) is 23.4. The molecule has 0 spiro atoms. The molecule has 0 heterocycles. The summed E-state index contributed by atoms with van der Waals surface area (Å²) in [5.74, 6) is -0.698. The number of amides is 2. The first-order chi connectivity index (χ1) is 19.4. The first-order valence-corrected chi connectivity index (χ1v) is 16.5. The van der Waals surface area contributed by atoms with Crippen molar-refractivity contribution < 1.29 is 18.0 Å². The molecule has 0 aliphatic carbocycles. The molecule has 3 aromatic carbocycles. The van der Waals surface area contributed by atoms with Gasteiger partial charge >= 0.3 is 0 Å². The topological polar surface area (TPSA) is 86.8 Å². The van der Waals surface area contributed by atoms with Crippen LogP contribution in [-0.4, -0.2) is 50.0 Å². The Morgan fingerprint density at radius 2 is 1.49 bits per heavy atom. The standard InChI is InChI=1S/C32H40BrN3O4S/c1-6-24(4)34-32(38)30(20-25-12-8-7-9-13-25)35(21-26-16-18-27(33)19-17-26)31(37)22-36(41(5,39)40)29-15-11-10-14-28(29)23(2)3/h7-19,23-24,30H,6,20-22H2,1-5H3,(H,34,38). The molecule has 3 aromatic rings. The van der Waals surface area contributed by atoms with Crippen LogP contribution in [0.4, 0.5) is 5.69 Å². The Morgan fingerprint density at radius 1 is 0.878 bits per heavy atom. The first kappa shape index (κ1) is 32.3. The molecular formula is C32H40BrN3O4S. The molecule has 7 nitrogen and oxygen atoms in total. The Balaban J connectivity index is 2.09. The monoisotopic (exact) mass is 641 g/mol. The zero-order valence-electron chi connectivity index (χ0n) is 24.4. The van der Waals surface area contributed by atoms with E-state index in [9.17, 15) is 18.0 Å². The molecule has 0 bridgehead atoms. The van der Waals surface area contributed by atoms with E-state index in [1.165, 1.54) is 4.90 Å². The summed E-state index contributed by atoms with van der Waals surface area (Å²) in [5, 5.41) is 3.05. The van der Waals surface area contributed by atoms with E-state index in [4.69, 9.17) is 0 Å². The third-order valence-corrected chi connectivity index (χ3v) is 8.70. The van der Waals surface area contributed by atoms with Gasteiger partial charge in [-0.3, -0.25) is 13.9 Å². The van der Waals surface area contributed by atoms with Gasteiger partial charge in [0.2, 0.25) is 21.8 Å². The number of hydrogen-bond acceptors (Lipinski definition) is 4. The minimum Gasteiger partial charge on any atom is -0.352 e. The largest absolute Gasteiger partial charge is 0.352 e. The Morgan fingerprint density at radius 3 is 2.07 bits per heavy atom. The number of carbonyl (C=O) groups is 2. The summed E-state index contributed by atoms with van der Waals surface area (Å²) >= 11 is 3.45. The average molecular weight is 643 g/mol. The Hall–Kier alpha value is -3.17. The van der Waals surface area contributed by atoms with Crippen LogP contribution in [-0.2, 0) is 32.6 Å². The van der Waals surface area contributed by atoms with Crippen molar-refractivity contribution in [3.8, 4) is 0 Å². The molecule has 0 saturated carbocycles. The summed E-state index contributed by atoms with van der Waals surface area (Å²) < 4.78 is 28.3. The third kappa shape index (κ3) is 9.16.